The normalized spacial score (nSPS) is 10.7. The molecule has 0 bridgehead atoms. The minimum Gasteiger partial charge on any atom is -0.392 e. The average molecular weight is 238 g/mol. The Hall–Kier alpha value is -1.33. The van der Waals surface area contributed by atoms with Crippen molar-refractivity contribution in [1.29, 1.82) is 0 Å². The molecule has 0 aliphatic heterocycles. The van der Waals surface area contributed by atoms with Crippen molar-refractivity contribution in [2.45, 2.75) is 16.4 Å². The fourth-order valence-corrected chi connectivity index (χ4v) is 2.36. The SMILES string of the molecule is Cn1cc(Sc2cccc(F)c2CO)cn1. The summed E-state index contributed by atoms with van der Waals surface area (Å²) in [4.78, 5) is 1.64. The van der Waals surface area contributed by atoms with E-state index in [1.54, 1.807) is 23.0 Å². The van der Waals surface area contributed by atoms with Gasteiger partial charge in [0.05, 0.1) is 17.7 Å². The number of halogens is 1. The first-order valence-electron chi connectivity index (χ1n) is 4.75. The zero-order valence-electron chi connectivity index (χ0n) is 8.72. The number of rotatable bonds is 3. The van der Waals surface area contributed by atoms with Gasteiger partial charge < -0.3 is 5.11 Å². The predicted molar refractivity (Wildman–Crippen MR) is 59.7 cm³/mol. The highest BCUT2D eigenvalue weighted by molar-refractivity contribution is 7.99. The molecule has 1 aromatic carbocycles. The molecule has 1 aromatic heterocycles. The maximum Gasteiger partial charge on any atom is 0.129 e. The summed E-state index contributed by atoms with van der Waals surface area (Å²) in [7, 11) is 1.82. The minimum absolute atomic E-state index is 0.296. The summed E-state index contributed by atoms with van der Waals surface area (Å²) in [5, 5.41) is 13.1. The Morgan fingerprint density at radius 3 is 2.94 bits per heavy atom. The molecular weight excluding hydrogens is 227 g/mol. The molecule has 2 aromatic rings. The number of benzene rings is 1. The van der Waals surface area contributed by atoms with Gasteiger partial charge >= 0.3 is 0 Å². The van der Waals surface area contributed by atoms with Gasteiger partial charge in [0.2, 0.25) is 0 Å². The van der Waals surface area contributed by atoms with E-state index in [0.717, 1.165) is 9.79 Å². The fourth-order valence-electron chi connectivity index (χ4n) is 1.37. The molecule has 3 nitrogen and oxygen atoms in total. The predicted octanol–water partition coefficient (Wildman–Crippen LogP) is 2.20. The van der Waals surface area contributed by atoms with E-state index in [4.69, 9.17) is 5.11 Å². The number of hydrogen-bond acceptors (Lipinski definition) is 3. The Kier molecular flexibility index (Phi) is 3.26. The standard InChI is InChI=1S/C11H11FN2OS/c1-14-6-8(5-13-14)16-11-4-2-3-10(12)9(11)7-15/h2-6,15H,7H2,1H3. The molecule has 16 heavy (non-hydrogen) atoms. The third-order valence-corrected chi connectivity index (χ3v) is 3.19. The van der Waals surface area contributed by atoms with Crippen molar-refractivity contribution in [3.8, 4) is 0 Å². The molecule has 1 heterocycles. The molecule has 0 fully saturated rings. The smallest absolute Gasteiger partial charge is 0.129 e. The molecule has 0 saturated carbocycles. The third-order valence-electron chi connectivity index (χ3n) is 2.14. The number of hydrogen-bond donors (Lipinski definition) is 1. The van der Waals surface area contributed by atoms with E-state index < -0.39 is 0 Å². The summed E-state index contributed by atoms with van der Waals surface area (Å²) >= 11 is 1.39. The first kappa shape index (κ1) is 11.2. The molecule has 0 atom stereocenters. The van der Waals surface area contributed by atoms with Crippen LogP contribution in [0.1, 0.15) is 5.56 Å². The van der Waals surface area contributed by atoms with Crippen LogP contribution in [0.4, 0.5) is 4.39 Å². The quantitative estimate of drug-likeness (QED) is 0.890. The van der Waals surface area contributed by atoms with Crippen molar-refractivity contribution in [1.82, 2.24) is 9.78 Å². The van der Waals surface area contributed by atoms with Crippen LogP contribution in [0.3, 0.4) is 0 Å². The number of nitrogens with zero attached hydrogens (tertiary/aromatic N) is 2. The lowest BCUT2D eigenvalue weighted by Crippen LogP contribution is -1.92. The van der Waals surface area contributed by atoms with E-state index in [1.807, 2.05) is 13.2 Å². The van der Waals surface area contributed by atoms with E-state index in [0.29, 0.717) is 5.56 Å². The van der Waals surface area contributed by atoms with Gasteiger partial charge in [-0.15, -0.1) is 0 Å². The van der Waals surface area contributed by atoms with Gasteiger partial charge in [0, 0.05) is 23.7 Å². The molecule has 0 unspecified atom stereocenters. The van der Waals surface area contributed by atoms with E-state index in [9.17, 15) is 4.39 Å². The van der Waals surface area contributed by atoms with Gasteiger partial charge in [-0.05, 0) is 12.1 Å². The van der Waals surface area contributed by atoms with Crippen LogP contribution in [-0.2, 0) is 13.7 Å². The molecule has 2 rings (SSSR count). The topological polar surface area (TPSA) is 38.0 Å². The van der Waals surface area contributed by atoms with E-state index in [1.165, 1.54) is 17.8 Å². The van der Waals surface area contributed by atoms with Crippen LogP contribution >= 0.6 is 11.8 Å². The number of aliphatic hydroxyl groups is 1. The van der Waals surface area contributed by atoms with Gasteiger partial charge in [-0.1, -0.05) is 17.8 Å². The first-order valence-corrected chi connectivity index (χ1v) is 5.57. The Balaban J connectivity index is 2.30. The molecular formula is C11H11FN2OS. The lowest BCUT2D eigenvalue weighted by molar-refractivity contribution is 0.272. The Morgan fingerprint density at radius 2 is 2.31 bits per heavy atom. The van der Waals surface area contributed by atoms with E-state index in [2.05, 4.69) is 5.10 Å². The molecule has 0 amide bonds. The van der Waals surface area contributed by atoms with Gasteiger partial charge in [0.15, 0.2) is 0 Å². The molecule has 5 heteroatoms. The van der Waals surface area contributed by atoms with Gasteiger partial charge in [-0.25, -0.2) is 4.39 Å². The lowest BCUT2D eigenvalue weighted by Gasteiger charge is -2.06. The molecule has 0 spiro atoms. The highest BCUT2D eigenvalue weighted by Crippen LogP contribution is 2.31. The number of aromatic nitrogens is 2. The zero-order chi connectivity index (χ0) is 11.5. The summed E-state index contributed by atoms with van der Waals surface area (Å²) in [5.41, 5.74) is 0.330. The fraction of sp³-hybridized carbons (Fsp3) is 0.182. The van der Waals surface area contributed by atoms with Crippen LogP contribution in [0.5, 0.6) is 0 Å². The molecule has 0 radical (unpaired) electrons. The highest BCUT2D eigenvalue weighted by atomic mass is 32.2. The average Bonchev–Trinajstić information content (AvgIpc) is 2.64. The zero-order valence-corrected chi connectivity index (χ0v) is 9.54. The third kappa shape index (κ3) is 2.25. The van der Waals surface area contributed by atoms with Crippen LogP contribution in [0.25, 0.3) is 0 Å². The molecule has 0 aliphatic rings. The van der Waals surface area contributed by atoms with Crippen molar-refractivity contribution in [2.24, 2.45) is 7.05 Å². The summed E-state index contributed by atoms with van der Waals surface area (Å²) in [5.74, 6) is -0.378. The van der Waals surface area contributed by atoms with E-state index in [-0.39, 0.29) is 12.4 Å². The molecule has 84 valence electrons. The van der Waals surface area contributed by atoms with Gasteiger partial charge in [0.1, 0.15) is 5.82 Å². The van der Waals surface area contributed by atoms with E-state index >= 15 is 0 Å². The van der Waals surface area contributed by atoms with Crippen LogP contribution < -0.4 is 0 Å². The van der Waals surface area contributed by atoms with Crippen LogP contribution in [0.2, 0.25) is 0 Å². The van der Waals surface area contributed by atoms with Gasteiger partial charge in [0.25, 0.3) is 0 Å². The van der Waals surface area contributed by atoms with Gasteiger partial charge in [-0.3, -0.25) is 4.68 Å². The second kappa shape index (κ2) is 4.67. The van der Waals surface area contributed by atoms with Crippen molar-refractivity contribution in [2.75, 3.05) is 0 Å². The molecule has 0 aliphatic carbocycles. The molecule has 0 saturated heterocycles. The minimum atomic E-state index is -0.378. The number of aryl methyl sites for hydroxylation is 1. The van der Waals surface area contributed by atoms with Gasteiger partial charge in [-0.2, -0.15) is 5.10 Å². The number of aliphatic hydroxyl groups excluding tert-OH is 1. The summed E-state index contributed by atoms with van der Waals surface area (Å²) in [6.45, 7) is -0.296. The van der Waals surface area contributed by atoms with Crippen molar-refractivity contribution in [3.05, 3.63) is 42.0 Å². The second-order valence-electron chi connectivity index (χ2n) is 3.33. The second-order valence-corrected chi connectivity index (χ2v) is 4.44. The van der Waals surface area contributed by atoms with Crippen molar-refractivity contribution < 1.29 is 9.50 Å². The Bertz CT molecular complexity index is 498. The highest BCUT2D eigenvalue weighted by Gasteiger charge is 2.09. The molecule has 1 N–H and O–H groups in total. The van der Waals surface area contributed by atoms with Crippen LogP contribution in [0, 0.1) is 5.82 Å². The van der Waals surface area contributed by atoms with Crippen LogP contribution in [0.15, 0.2) is 40.4 Å². The lowest BCUT2D eigenvalue weighted by atomic mass is 10.2. The summed E-state index contributed by atoms with van der Waals surface area (Å²) in [6.07, 6.45) is 3.55. The van der Waals surface area contributed by atoms with Crippen molar-refractivity contribution in [3.63, 3.8) is 0 Å². The summed E-state index contributed by atoms with van der Waals surface area (Å²) in [6, 6.07) is 4.76. The maximum atomic E-state index is 13.4. The largest absolute Gasteiger partial charge is 0.392 e. The Labute approximate surface area is 96.9 Å². The van der Waals surface area contributed by atoms with Crippen molar-refractivity contribution >= 4 is 11.8 Å². The maximum absolute atomic E-state index is 13.4. The monoisotopic (exact) mass is 238 g/mol. The summed E-state index contributed by atoms with van der Waals surface area (Å²) < 4.78 is 15.0. The first-order chi connectivity index (χ1) is 7.70. The van der Waals surface area contributed by atoms with Crippen LogP contribution in [-0.4, -0.2) is 14.9 Å². The Morgan fingerprint density at radius 1 is 1.50 bits per heavy atom.